The van der Waals surface area contributed by atoms with Gasteiger partial charge in [-0.25, -0.2) is 13.1 Å². The first-order valence-corrected chi connectivity index (χ1v) is 11.9. The van der Waals surface area contributed by atoms with Crippen LogP contribution in [0.2, 0.25) is 0 Å². The van der Waals surface area contributed by atoms with Crippen LogP contribution >= 0.6 is 0 Å². The van der Waals surface area contributed by atoms with Crippen LogP contribution in [0.4, 0.5) is 0 Å². The molecule has 0 saturated carbocycles. The zero-order valence-corrected chi connectivity index (χ0v) is 19.1. The van der Waals surface area contributed by atoms with Gasteiger partial charge in [-0.2, -0.15) is 0 Å². The highest BCUT2D eigenvalue weighted by Gasteiger charge is 2.28. The number of likely N-dealkylation sites (tertiary alicyclic amines) is 1. The van der Waals surface area contributed by atoms with Crippen molar-refractivity contribution in [3.05, 3.63) is 53.6 Å². The number of hydrogen-bond donors (Lipinski definition) is 1. The molecule has 0 aromatic heterocycles. The first kappa shape index (κ1) is 23.1. The van der Waals surface area contributed by atoms with Gasteiger partial charge in [0.15, 0.2) is 0 Å². The molecule has 3 rings (SSSR count). The summed E-state index contributed by atoms with van der Waals surface area (Å²) in [5.74, 6) is 1.10. The number of methoxy groups -OCH3 is 1. The maximum absolute atomic E-state index is 12.9. The third-order valence-corrected chi connectivity index (χ3v) is 7.11. The SMILES string of the molecule is COc1cc(C)c(C)cc1S(=O)(=O)NC1CCN(C(=O)CCOc2ccccc2)CC1. The van der Waals surface area contributed by atoms with Gasteiger partial charge in [-0.3, -0.25) is 4.79 Å². The normalized spacial score (nSPS) is 15.0. The molecule has 0 radical (unpaired) electrons. The van der Waals surface area contributed by atoms with Crippen LogP contribution < -0.4 is 14.2 Å². The van der Waals surface area contributed by atoms with Gasteiger partial charge in [-0.1, -0.05) is 18.2 Å². The molecule has 0 aliphatic carbocycles. The van der Waals surface area contributed by atoms with E-state index in [9.17, 15) is 13.2 Å². The fourth-order valence-corrected chi connectivity index (χ4v) is 5.13. The second-order valence-corrected chi connectivity index (χ2v) is 9.46. The Morgan fingerprint density at radius 1 is 1.10 bits per heavy atom. The van der Waals surface area contributed by atoms with Crippen LogP contribution in [-0.2, 0) is 14.8 Å². The largest absolute Gasteiger partial charge is 0.495 e. The molecule has 1 fully saturated rings. The Morgan fingerprint density at radius 3 is 2.39 bits per heavy atom. The van der Waals surface area contributed by atoms with Crippen molar-refractivity contribution in [3.63, 3.8) is 0 Å². The third kappa shape index (κ3) is 5.98. The van der Waals surface area contributed by atoms with Crippen LogP contribution in [0.25, 0.3) is 0 Å². The Labute approximate surface area is 184 Å². The molecule has 2 aromatic rings. The number of benzene rings is 2. The maximum atomic E-state index is 12.9. The molecule has 31 heavy (non-hydrogen) atoms. The van der Waals surface area contributed by atoms with E-state index in [2.05, 4.69) is 4.72 Å². The standard InChI is InChI=1S/C23H30N2O5S/c1-17-15-21(29-3)22(16-18(17)2)31(27,28)24-19-9-12-25(13-10-19)23(26)11-14-30-20-7-5-4-6-8-20/h4-8,15-16,19,24H,9-14H2,1-3H3. The Balaban J connectivity index is 1.51. The summed E-state index contributed by atoms with van der Waals surface area (Å²) in [6, 6.07) is 12.5. The zero-order chi connectivity index (χ0) is 22.4. The molecular formula is C23H30N2O5S. The second kappa shape index (κ2) is 10.2. The molecule has 1 heterocycles. The fourth-order valence-electron chi connectivity index (χ4n) is 3.59. The lowest BCUT2D eigenvalue weighted by Crippen LogP contribution is -2.46. The molecule has 168 valence electrons. The van der Waals surface area contributed by atoms with E-state index in [0.717, 1.165) is 16.9 Å². The summed E-state index contributed by atoms with van der Waals surface area (Å²) in [4.78, 5) is 14.4. The lowest BCUT2D eigenvalue weighted by Gasteiger charge is -2.32. The Hall–Kier alpha value is -2.58. The van der Waals surface area contributed by atoms with Gasteiger partial charge >= 0.3 is 0 Å². The summed E-state index contributed by atoms with van der Waals surface area (Å²) in [5, 5.41) is 0. The topological polar surface area (TPSA) is 84.9 Å². The first-order valence-electron chi connectivity index (χ1n) is 10.4. The molecule has 1 aliphatic heterocycles. The van der Waals surface area contributed by atoms with Gasteiger partial charge in [0.2, 0.25) is 15.9 Å². The van der Waals surface area contributed by atoms with E-state index in [-0.39, 0.29) is 16.8 Å². The van der Waals surface area contributed by atoms with Crippen molar-refractivity contribution in [2.45, 2.75) is 44.0 Å². The molecule has 1 amide bonds. The Kier molecular flexibility index (Phi) is 7.56. The number of rotatable bonds is 8. The number of para-hydroxylation sites is 1. The quantitative estimate of drug-likeness (QED) is 0.674. The van der Waals surface area contributed by atoms with Crippen LogP contribution in [0, 0.1) is 13.8 Å². The number of hydrogen-bond acceptors (Lipinski definition) is 5. The van der Waals surface area contributed by atoms with E-state index >= 15 is 0 Å². The van der Waals surface area contributed by atoms with Crippen LogP contribution in [0.15, 0.2) is 47.4 Å². The van der Waals surface area contributed by atoms with Gasteiger partial charge in [0.25, 0.3) is 0 Å². The van der Waals surface area contributed by atoms with Gasteiger partial charge in [0.05, 0.1) is 20.1 Å². The van der Waals surface area contributed by atoms with Gasteiger partial charge < -0.3 is 14.4 Å². The summed E-state index contributed by atoms with van der Waals surface area (Å²) in [5.41, 5.74) is 1.86. The maximum Gasteiger partial charge on any atom is 0.244 e. The molecule has 1 saturated heterocycles. The van der Waals surface area contributed by atoms with Crippen molar-refractivity contribution in [2.75, 3.05) is 26.8 Å². The van der Waals surface area contributed by atoms with Gasteiger partial charge in [-0.15, -0.1) is 0 Å². The van der Waals surface area contributed by atoms with E-state index in [1.165, 1.54) is 7.11 Å². The number of amides is 1. The number of aryl methyl sites for hydroxylation is 2. The highest BCUT2D eigenvalue weighted by molar-refractivity contribution is 7.89. The van der Waals surface area contributed by atoms with Gasteiger partial charge in [0, 0.05) is 19.1 Å². The predicted octanol–water partition coefficient (Wildman–Crippen LogP) is 3.05. The lowest BCUT2D eigenvalue weighted by atomic mass is 10.1. The lowest BCUT2D eigenvalue weighted by molar-refractivity contribution is -0.132. The van der Waals surface area contributed by atoms with Crippen molar-refractivity contribution in [3.8, 4) is 11.5 Å². The number of carbonyl (C=O) groups excluding carboxylic acids is 1. The smallest absolute Gasteiger partial charge is 0.244 e. The van der Waals surface area contributed by atoms with Crippen LogP contribution in [0.5, 0.6) is 11.5 Å². The summed E-state index contributed by atoms with van der Waals surface area (Å²) in [7, 11) is -2.26. The summed E-state index contributed by atoms with van der Waals surface area (Å²) < 4.78 is 39.6. The third-order valence-electron chi connectivity index (χ3n) is 5.57. The summed E-state index contributed by atoms with van der Waals surface area (Å²) in [6.07, 6.45) is 1.43. The van der Waals surface area contributed by atoms with Crippen molar-refractivity contribution >= 4 is 15.9 Å². The van der Waals surface area contributed by atoms with E-state index in [1.54, 1.807) is 17.0 Å². The molecule has 1 N–H and O–H groups in total. The van der Waals surface area contributed by atoms with Crippen LogP contribution in [-0.4, -0.2) is 52.1 Å². The second-order valence-electron chi connectivity index (χ2n) is 7.78. The Morgan fingerprint density at radius 2 is 1.74 bits per heavy atom. The predicted molar refractivity (Wildman–Crippen MR) is 119 cm³/mol. The van der Waals surface area contributed by atoms with Crippen LogP contribution in [0.1, 0.15) is 30.4 Å². The van der Waals surface area contributed by atoms with Crippen molar-refractivity contribution < 1.29 is 22.7 Å². The number of nitrogens with zero attached hydrogens (tertiary/aromatic N) is 1. The minimum absolute atomic E-state index is 0.0214. The first-order chi connectivity index (χ1) is 14.8. The number of piperidine rings is 1. The molecule has 8 heteroatoms. The monoisotopic (exact) mass is 446 g/mol. The van der Waals surface area contributed by atoms with Crippen molar-refractivity contribution in [2.24, 2.45) is 0 Å². The molecule has 0 spiro atoms. The highest BCUT2D eigenvalue weighted by Crippen LogP contribution is 2.28. The van der Waals surface area contributed by atoms with E-state index in [1.807, 2.05) is 44.2 Å². The average Bonchev–Trinajstić information content (AvgIpc) is 2.76. The highest BCUT2D eigenvalue weighted by atomic mass is 32.2. The average molecular weight is 447 g/mol. The zero-order valence-electron chi connectivity index (χ0n) is 18.3. The molecule has 0 atom stereocenters. The van der Waals surface area contributed by atoms with Crippen molar-refractivity contribution in [1.82, 2.24) is 9.62 Å². The molecular weight excluding hydrogens is 416 g/mol. The number of ether oxygens (including phenoxy) is 2. The molecule has 0 bridgehead atoms. The minimum atomic E-state index is -3.72. The fraction of sp³-hybridized carbons (Fsp3) is 0.435. The van der Waals surface area contributed by atoms with Crippen molar-refractivity contribution in [1.29, 1.82) is 0 Å². The molecule has 2 aromatic carbocycles. The summed E-state index contributed by atoms with van der Waals surface area (Å²) >= 11 is 0. The molecule has 0 unspecified atom stereocenters. The van der Waals surface area contributed by atoms with E-state index in [0.29, 0.717) is 44.7 Å². The summed E-state index contributed by atoms with van der Waals surface area (Å²) in [6.45, 7) is 5.14. The van der Waals surface area contributed by atoms with Gasteiger partial charge in [0.1, 0.15) is 16.4 Å². The van der Waals surface area contributed by atoms with E-state index < -0.39 is 10.0 Å². The molecule has 7 nitrogen and oxygen atoms in total. The Bertz CT molecular complexity index is 1000. The van der Waals surface area contributed by atoms with E-state index in [4.69, 9.17) is 9.47 Å². The minimum Gasteiger partial charge on any atom is -0.495 e. The number of sulfonamides is 1. The number of carbonyl (C=O) groups is 1. The van der Waals surface area contributed by atoms with Gasteiger partial charge in [-0.05, 0) is 62.1 Å². The molecule has 1 aliphatic rings. The van der Waals surface area contributed by atoms with Crippen LogP contribution in [0.3, 0.4) is 0 Å². The number of nitrogens with one attached hydrogen (secondary N) is 1.